The maximum atomic E-state index is 4.92. The molecule has 2 aliphatic rings. The lowest BCUT2D eigenvalue weighted by atomic mass is 9.70. The maximum absolute atomic E-state index is 4.92. The van der Waals surface area contributed by atoms with Crippen molar-refractivity contribution >= 4 is 74.3 Å². The van der Waals surface area contributed by atoms with E-state index in [-0.39, 0.29) is 0 Å². The molecule has 2 heterocycles. The lowest BCUT2D eigenvalue weighted by Crippen LogP contribution is -2.26. The summed E-state index contributed by atoms with van der Waals surface area (Å²) in [5.41, 5.74) is 11.2. The largest absolute Gasteiger partial charge is 0.256 e. The molecule has 178 valence electrons. The Hall–Kier alpha value is -3.31. The Morgan fingerprint density at radius 1 is 0.658 bits per heavy atom. The maximum Gasteiger partial charge on any atom is 0.0783 e. The Morgan fingerprint density at radius 3 is 2.45 bits per heavy atom. The lowest BCUT2D eigenvalue weighted by Gasteiger charge is -2.30. The minimum atomic E-state index is -0.418. The molecule has 5 aromatic carbocycles. The number of benzene rings is 5. The molecule has 0 bridgehead atoms. The number of hydrogen-bond donors (Lipinski definition) is 0. The lowest BCUT2D eigenvalue weighted by molar-refractivity contribution is 0.794. The van der Waals surface area contributed by atoms with Crippen molar-refractivity contribution in [3.8, 4) is 22.3 Å². The summed E-state index contributed by atoms with van der Waals surface area (Å²) in [4.78, 5) is 4.92. The van der Waals surface area contributed by atoms with E-state index in [4.69, 9.17) is 4.98 Å². The first-order valence-corrected chi connectivity index (χ1v) is 15.0. The number of pyridine rings is 1. The third-order valence-electron chi connectivity index (χ3n) is 8.44. The highest BCUT2D eigenvalue weighted by molar-refractivity contribution is 9.11. The quantitative estimate of drug-likeness (QED) is 0.162. The van der Waals surface area contributed by atoms with E-state index in [1.54, 1.807) is 0 Å². The van der Waals surface area contributed by atoms with Crippen molar-refractivity contribution in [3.05, 3.63) is 134 Å². The first kappa shape index (κ1) is 21.6. The summed E-state index contributed by atoms with van der Waals surface area (Å²) in [6, 6.07) is 35.7. The number of rotatable bonds is 0. The van der Waals surface area contributed by atoms with E-state index in [9.17, 15) is 0 Å². The molecule has 1 atom stereocenters. The Kier molecular flexibility index (Phi) is 4.21. The fraction of sp³-hybridized carbons (Fsp3) is 0.0294. The molecular formula is C34H17Br2NS. The average Bonchev–Trinajstić information content (AvgIpc) is 3.57. The van der Waals surface area contributed by atoms with E-state index in [0.29, 0.717) is 0 Å². The molecule has 1 nitrogen and oxygen atoms in total. The molecule has 0 saturated heterocycles. The first-order chi connectivity index (χ1) is 18.7. The number of nitrogens with zero attached hydrogens (tertiary/aromatic N) is 1. The van der Waals surface area contributed by atoms with E-state index >= 15 is 0 Å². The van der Waals surface area contributed by atoms with Crippen molar-refractivity contribution < 1.29 is 0 Å². The Balaban J connectivity index is 1.55. The monoisotopic (exact) mass is 629 g/mol. The number of thiophene rings is 1. The Morgan fingerprint density at radius 2 is 1.50 bits per heavy atom. The molecule has 0 fully saturated rings. The molecule has 9 rings (SSSR count). The second-order valence-electron chi connectivity index (χ2n) is 10.1. The van der Waals surface area contributed by atoms with E-state index < -0.39 is 5.41 Å². The molecule has 0 N–H and O–H groups in total. The number of hydrogen-bond acceptors (Lipinski definition) is 2. The molecule has 1 unspecified atom stereocenters. The van der Waals surface area contributed by atoms with Gasteiger partial charge in [-0.3, -0.25) is 4.98 Å². The second kappa shape index (κ2) is 7.41. The van der Waals surface area contributed by atoms with Crippen molar-refractivity contribution in [1.29, 1.82) is 0 Å². The summed E-state index contributed by atoms with van der Waals surface area (Å²) in [6.07, 6.45) is 1.92. The van der Waals surface area contributed by atoms with Crippen LogP contribution in [-0.2, 0) is 5.41 Å². The molecule has 0 radical (unpaired) electrons. The van der Waals surface area contributed by atoms with Crippen LogP contribution in [0.3, 0.4) is 0 Å². The summed E-state index contributed by atoms with van der Waals surface area (Å²) in [7, 11) is 0. The van der Waals surface area contributed by atoms with Gasteiger partial charge in [-0.05, 0) is 63.7 Å². The van der Waals surface area contributed by atoms with Crippen LogP contribution >= 0.6 is 43.2 Å². The molecule has 1 spiro atoms. The van der Waals surface area contributed by atoms with Crippen LogP contribution in [0.2, 0.25) is 0 Å². The highest BCUT2D eigenvalue weighted by atomic mass is 79.9. The van der Waals surface area contributed by atoms with Crippen LogP contribution in [0.4, 0.5) is 0 Å². The van der Waals surface area contributed by atoms with Gasteiger partial charge in [0.15, 0.2) is 0 Å². The van der Waals surface area contributed by atoms with E-state index in [0.717, 1.165) is 14.5 Å². The minimum Gasteiger partial charge on any atom is -0.256 e. The Bertz CT molecular complexity index is 2180. The van der Waals surface area contributed by atoms with Crippen LogP contribution in [0.25, 0.3) is 53.3 Å². The average molecular weight is 631 g/mol. The smallest absolute Gasteiger partial charge is 0.0783 e. The molecule has 7 aromatic rings. The van der Waals surface area contributed by atoms with Gasteiger partial charge in [0.05, 0.1) is 10.9 Å². The van der Waals surface area contributed by atoms with Crippen LogP contribution in [0.5, 0.6) is 0 Å². The van der Waals surface area contributed by atoms with Crippen LogP contribution in [0, 0.1) is 0 Å². The SMILES string of the molecule is Brc1ccc2c(c1)C1(c3ccccc3-c3c1ccc1cccnc31)c1cc(Br)c3c(sc4ccccc43)c1-2. The zero-order valence-corrected chi connectivity index (χ0v) is 23.9. The highest BCUT2D eigenvalue weighted by Gasteiger charge is 2.53. The van der Waals surface area contributed by atoms with E-state index in [2.05, 4.69) is 123 Å². The third-order valence-corrected chi connectivity index (χ3v) is 10.7. The van der Waals surface area contributed by atoms with Gasteiger partial charge in [0, 0.05) is 51.8 Å². The summed E-state index contributed by atoms with van der Waals surface area (Å²) in [5.74, 6) is 0. The van der Waals surface area contributed by atoms with Crippen molar-refractivity contribution in [2.45, 2.75) is 5.41 Å². The zero-order chi connectivity index (χ0) is 25.2. The van der Waals surface area contributed by atoms with Gasteiger partial charge < -0.3 is 0 Å². The topological polar surface area (TPSA) is 12.9 Å². The van der Waals surface area contributed by atoms with Crippen molar-refractivity contribution in [3.63, 3.8) is 0 Å². The third kappa shape index (κ3) is 2.45. The molecule has 0 saturated carbocycles. The summed E-state index contributed by atoms with van der Waals surface area (Å²) in [6.45, 7) is 0. The standard InChI is InChI=1S/C34H17Br2NS/c35-19-12-13-21-25(16-19)34(26-17-27(36)31-22-8-2-4-10-28(22)38-33(31)30(21)26)23-9-3-1-7-20(23)29-24(34)14-11-18-6-5-15-37-32(18)29/h1-17H. The van der Waals surface area contributed by atoms with Gasteiger partial charge in [0.1, 0.15) is 0 Å². The molecule has 0 amide bonds. The first-order valence-electron chi connectivity index (χ1n) is 12.6. The molecular weight excluding hydrogens is 614 g/mol. The molecule has 4 heteroatoms. The molecule has 38 heavy (non-hydrogen) atoms. The van der Waals surface area contributed by atoms with Crippen molar-refractivity contribution in [2.75, 3.05) is 0 Å². The second-order valence-corrected chi connectivity index (χ2v) is 13.0. The van der Waals surface area contributed by atoms with Gasteiger partial charge in [-0.2, -0.15) is 0 Å². The fourth-order valence-corrected chi connectivity index (χ4v) is 9.51. The predicted octanol–water partition coefficient (Wildman–Crippen LogP) is 10.5. The van der Waals surface area contributed by atoms with Crippen LogP contribution < -0.4 is 0 Å². The summed E-state index contributed by atoms with van der Waals surface area (Å²) >= 11 is 9.78. The molecule has 2 aromatic heterocycles. The van der Waals surface area contributed by atoms with Gasteiger partial charge in [0.2, 0.25) is 0 Å². The van der Waals surface area contributed by atoms with Crippen LogP contribution in [0.1, 0.15) is 22.3 Å². The van der Waals surface area contributed by atoms with E-state index in [1.165, 1.54) is 70.1 Å². The zero-order valence-electron chi connectivity index (χ0n) is 19.9. The van der Waals surface area contributed by atoms with Gasteiger partial charge in [0.25, 0.3) is 0 Å². The number of halogens is 2. The van der Waals surface area contributed by atoms with Crippen molar-refractivity contribution in [1.82, 2.24) is 4.98 Å². The predicted molar refractivity (Wildman–Crippen MR) is 166 cm³/mol. The summed E-state index contributed by atoms with van der Waals surface area (Å²) < 4.78 is 4.92. The normalized spacial score (nSPS) is 16.8. The molecule has 2 aliphatic carbocycles. The van der Waals surface area contributed by atoms with Gasteiger partial charge in [-0.1, -0.05) is 98.6 Å². The molecule has 0 aliphatic heterocycles. The Labute approximate surface area is 240 Å². The highest BCUT2D eigenvalue weighted by Crippen LogP contribution is 2.66. The number of fused-ring (bicyclic) bond motifs is 16. The van der Waals surface area contributed by atoms with Gasteiger partial charge in [-0.15, -0.1) is 11.3 Å². The fourth-order valence-electron chi connectivity index (χ4n) is 7.09. The van der Waals surface area contributed by atoms with E-state index in [1.807, 2.05) is 23.6 Å². The van der Waals surface area contributed by atoms with Crippen LogP contribution in [0.15, 0.2) is 112 Å². The summed E-state index contributed by atoms with van der Waals surface area (Å²) in [5, 5.41) is 3.79. The van der Waals surface area contributed by atoms with Gasteiger partial charge in [-0.25, -0.2) is 0 Å². The van der Waals surface area contributed by atoms with Gasteiger partial charge >= 0.3 is 0 Å². The minimum absolute atomic E-state index is 0.418. The van der Waals surface area contributed by atoms with Crippen molar-refractivity contribution in [2.24, 2.45) is 0 Å². The van der Waals surface area contributed by atoms with Crippen LogP contribution in [-0.4, -0.2) is 4.98 Å². The number of aromatic nitrogens is 1.